The topological polar surface area (TPSA) is 67.8 Å². The van der Waals surface area contributed by atoms with Gasteiger partial charge in [0.2, 0.25) is 0 Å². The lowest BCUT2D eigenvalue weighted by atomic mass is 10.3. The van der Waals surface area contributed by atoms with Gasteiger partial charge in [-0.2, -0.15) is 0 Å². The van der Waals surface area contributed by atoms with Gasteiger partial charge >= 0.3 is 0 Å². The van der Waals surface area contributed by atoms with E-state index in [4.69, 9.17) is 9.47 Å². The normalized spacial score (nSPS) is 11.2. The molecule has 0 aromatic carbocycles. The third-order valence-electron chi connectivity index (χ3n) is 3.00. The molecule has 0 spiro atoms. The maximum Gasteiger partial charge on any atom is 0.190 e. The number of guanidine groups is 1. The second-order valence-corrected chi connectivity index (χ2v) is 5.91. The van der Waals surface area contributed by atoms with E-state index in [2.05, 4.69) is 26.0 Å². The Kier molecular flexibility index (Phi) is 14.8. The Labute approximate surface area is 160 Å². The van der Waals surface area contributed by atoms with Crippen LogP contribution in [0.1, 0.15) is 23.5 Å². The predicted octanol–water partition coefficient (Wildman–Crippen LogP) is 2.22. The second kappa shape index (κ2) is 15.1. The summed E-state index contributed by atoms with van der Waals surface area (Å²) in [5, 5.41) is 9.83. The van der Waals surface area contributed by atoms with Crippen molar-refractivity contribution in [3.05, 3.63) is 16.1 Å². The smallest absolute Gasteiger partial charge is 0.190 e. The van der Waals surface area contributed by atoms with Crippen LogP contribution in [-0.4, -0.2) is 58.0 Å². The SMILES string of the molecule is CN=C(NCCCCOCCOC)NCCc1csc(C)n1.I. The van der Waals surface area contributed by atoms with Crippen LogP contribution in [0.2, 0.25) is 0 Å². The number of ether oxygens (including phenoxy) is 2. The zero-order valence-corrected chi connectivity index (χ0v) is 17.4. The number of nitrogens with one attached hydrogen (secondary N) is 2. The summed E-state index contributed by atoms with van der Waals surface area (Å²) in [4.78, 5) is 8.66. The molecule has 23 heavy (non-hydrogen) atoms. The molecule has 2 N–H and O–H groups in total. The molecule has 0 fully saturated rings. The van der Waals surface area contributed by atoms with Crippen LogP contribution >= 0.6 is 35.3 Å². The molecular weight excluding hydrogens is 427 g/mol. The van der Waals surface area contributed by atoms with Gasteiger partial charge in [0.15, 0.2) is 5.96 Å². The minimum Gasteiger partial charge on any atom is -0.382 e. The summed E-state index contributed by atoms with van der Waals surface area (Å²) in [5.74, 6) is 0.840. The van der Waals surface area contributed by atoms with Crippen molar-refractivity contribution in [2.75, 3.05) is 47.1 Å². The molecule has 0 saturated heterocycles. The zero-order chi connectivity index (χ0) is 16.0. The van der Waals surface area contributed by atoms with Gasteiger partial charge in [0, 0.05) is 45.7 Å². The number of nitrogens with zero attached hydrogens (tertiary/aromatic N) is 2. The number of thiazole rings is 1. The molecule has 1 rings (SSSR count). The Morgan fingerprint density at radius 3 is 2.65 bits per heavy atom. The average Bonchev–Trinajstić information content (AvgIpc) is 2.93. The highest BCUT2D eigenvalue weighted by Crippen LogP contribution is 2.07. The number of hydrogen-bond donors (Lipinski definition) is 2. The van der Waals surface area contributed by atoms with Gasteiger partial charge in [0.25, 0.3) is 0 Å². The van der Waals surface area contributed by atoms with Crippen LogP contribution in [-0.2, 0) is 15.9 Å². The molecule has 8 heteroatoms. The third-order valence-corrected chi connectivity index (χ3v) is 3.83. The highest BCUT2D eigenvalue weighted by molar-refractivity contribution is 14.0. The largest absolute Gasteiger partial charge is 0.382 e. The van der Waals surface area contributed by atoms with Crippen molar-refractivity contribution in [2.24, 2.45) is 4.99 Å². The van der Waals surface area contributed by atoms with Gasteiger partial charge in [-0.25, -0.2) is 4.98 Å². The van der Waals surface area contributed by atoms with Crippen LogP contribution < -0.4 is 10.6 Å². The first kappa shape index (κ1) is 22.6. The molecule has 0 radical (unpaired) electrons. The van der Waals surface area contributed by atoms with Crippen molar-refractivity contribution in [3.8, 4) is 0 Å². The predicted molar refractivity (Wildman–Crippen MR) is 107 cm³/mol. The Hall–Kier alpha value is -0.450. The lowest BCUT2D eigenvalue weighted by Gasteiger charge is -2.11. The van der Waals surface area contributed by atoms with E-state index in [0.29, 0.717) is 13.2 Å². The number of unbranched alkanes of at least 4 members (excludes halogenated alkanes) is 1. The monoisotopic (exact) mass is 456 g/mol. The maximum atomic E-state index is 5.42. The number of methoxy groups -OCH3 is 1. The highest BCUT2D eigenvalue weighted by Gasteiger charge is 2.00. The van der Waals surface area contributed by atoms with Crippen molar-refractivity contribution in [1.82, 2.24) is 15.6 Å². The van der Waals surface area contributed by atoms with Gasteiger partial charge in [0.1, 0.15) is 0 Å². The van der Waals surface area contributed by atoms with Gasteiger partial charge in [-0.1, -0.05) is 0 Å². The Bertz CT molecular complexity index is 429. The van der Waals surface area contributed by atoms with E-state index in [1.807, 2.05) is 6.92 Å². The molecule has 1 aromatic rings. The lowest BCUT2D eigenvalue weighted by molar-refractivity contribution is 0.0689. The van der Waals surface area contributed by atoms with Gasteiger partial charge in [0.05, 0.1) is 23.9 Å². The fourth-order valence-corrected chi connectivity index (χ4v) is 2.48. The van der Waals surface area contributed by atoms with Crippen molar-refractivity contribution in [2.45, 2.75) is 26.2 Å². The summed E-state index contributed by atoms with van der Waals surface area (Å²) >= 11 is 1.69. The first-order valence-electron chi connectivity index (χ1n) is 7.68. The Balaban J connectivity index is 0.00000484. The quantitative estimate of drug-likeness (QED) is 0.231. The standard InChI is InChI=1S/C15H28N4O2S.HI/c1-13-19-14(12-22-13)6-8-18-15(16-2)17-7-4-5-9-21-11-10-20-3;/h12H,4-11H2,1-3H3,(H2,16,17,18);1H. The van der Waals surface area contributed by atoms with Crippen molar-refractivity contribution >= 4 is 41.3 Å². The highest BCUT2D eigenvalue weighted by atomic mass is 127. The van der Waals surface area contributed by atoms with Gasteiger partial charge in [-0.15, -0.1) is 35.3 Å². The molecule has 134 valence electrons. The summed E-state index contributed by atoms with van der Waals surface area (Å²) < 4.78 is 10.3. The number of halogens is 1. The molecule has 6 nitrogen and oxygen atoms in total. The Morgan fingerprint density at radius 2 is 2.00 bits per heavy atom. The molecule has 0 atom stereocenters. The van der Waals surface area contributed by atoms with E-state index < -0.39 is 0 Å². The zero-order valence-electron chi connectivity index (χ0n) is 14.3. The lowest BCUT2D eigenvalue weighted by Crippen LogP contribution is -2.38. The van der Waals surface area contributed by atoms with Crippen molar-refractivity contribution in [1.29, 1.82) is 0 Å². The summed E-state index contributed by atoms with van der Waals surface area (Å²) in [6.07, 6.45) is 3.00. The Morgan fingerprint density at radius 1 is 1.22 bits per heavy atom. The molecule has 0 aliphatic carbocycles. The molecule has 1 heterocycles. The van der Waals surface area contributed by atoms with Crippen LogP contribution in [0.15, 0.2) is 10.4 Å². The number of rotatable bonds is 11. The minimum atomic E-state index is 0. The van der Waals surface area contributed by atoms with Crippen molar-refractivity contribution in [3.63, 3.8) is 0 Å². The van der Waals surface area contributed by atoms with Crippen molar-refractivity contribution < 1.29 is 9.47 Å². The average molecular weight is 456 g/mol. The first-order valence-corrected chi connectivity index (χ1v) is 8.56. The summed E-state index contributed by atoms with van der Waals surface area (Å²) in [6, 6.07) is 0. The molecule has 0 aliphatic rings. The second-order valence-electron chi connectivity index (χ2n) is 4.85. The van der Waals surface area contributed by atoms with E-state index in [1.165, 1.54) is 0 Å². The summed E-state index contributed by atoms with van der Waals surface area (Å²) in [7, 11) is 3.47. The summed E-state index contributed by atoms with van der Waals surface area (Å²) in [6.45, 7) is 5.87. The van der Waals surface area contributed by atoms with Crippen LogP contribution in [0.5, 0.6) is 0 Å². The van der Waals surface area contributed by atoms with Crippen LogP contribution in [0, 0.1) is 6.92 Å². The molecule has 0 amide bonds. The molecular formula is C15H29IN4O2S. The molecule has 0 saturated carbocycles. The minimum absolute atomic E-state index is 0. The fraction of sp³-hybridized carbons (Fsp3) is 0.733. The number of aryl methyl sites for hydroxylation is 1. The molecule has 0 bridgehead atoms. The summed E-state index contributed by atoms with van der Waals surface area (Å²) in [5.41, 5.74) is 1.14. The van der Waals surface area contributed by atoms with Crippen LogP contribution in [0.3, 0.4) is 0 Å². The van der Waals surface area contributed by atoms with E-state index in [0.717, 1.165) is 55.6 Å². The number of aromatic nitrogens is 1. The van der Waals surface area contributed by atoms with E-state index >= 15 is 0 Å². The maximum absolute atomic E-state index is 5.42. The van der Waals surface area contributed by atoms with Gasteiger partial charge in [-0.05, 0) is 19.8 Å². The van der Waals surface area contributed by atoms with E-state index in [9.17, 15) is 0 Å². The number of aliphatic imine (C=N–C) groups is 1. The molecule has 0 unspecified atom stereocenters. The molecule has 0 aliphatic heterocycles. The van der Waals surface area contributed by atoms with E-state index in [-0.39, 0.29) is 24.0 Å². The van der Waals surface area contributed by atoms with E-state index in [1.54, 1.807) is 25.5 Å². The first-order chi connectivity index (χ1) is 10.8. The third kappa shape index (κ3) is 11.7. The van der Waals surface area contributed by atoms with Crippen LogP contribution in [0.25, 0.3) is 0 Å². The number of hydrogen-bond acceptors (Lipinski definition) is 5. The van der Waals surface area contributed by atoms with Gasteiger partial charge in [-0.3, -0.25) is 4.99 Å². The van der Waals surface area contributed by atoms with Crippen LogP contribution in [0.4, 0.5) is 0 Å². The van der Waals surface area contributed by atoms with Gasteiger partial charge < -0.3 is 20.1 Å². The fourth-order valence-electron chi connectivity index (χ4n) is 1.83. The molecule has 1 aromatic heterocycles.